The van der Waals surface area contributed by atoms with Crippen LogP contribution in [0.5, 0.6) is 0 Å². The Morgan fingerprint density at radius 2 is 2.13 bits per heavy atom. The first kappa shape index (κ1) is 11.6. The third-order valence-electron chi connectivity index (χ3n) is 1.53. The minimum absolute atomic E-state index is 0.127. The second kappa shape index (κ2) is 4.35. The fraction of sp³-hybridized carbons (Fsp3) is 0.375. The van der Waals surface area contributed by atoms with Crippen molar-refractivity contribution in [2.75, 3.05) is 7.05 Å². The minimum Gasteiger partial charge on any atom is -0.314 e. The molecule has 0 unspecified atom stereocenters. The molecule has 1 heterocycles. The molecule has 7 heteroatoms. The van der Waals surface area contributed by atoms with Crippen LogP contribution in [0.4, 0.5) is 13.2 Å². The van der Waals surface area contributed by atoms with Crippen LogP contribution in [0.1, 0.15) is 22.0 Å². The Kier molecular flexibility index (Phi) is 3.35. The molecule has 0 aliphatic carbocycles. The van der Waals surface area contributed by atoms with Crippen LogP contribution in [0.3, 0.4) is 0 Å². The molecule has 1 aromatic rings. The van der Waals surface area contributed by atoms with Gasteiger partial charge in [0.25, 0.3) is 0 Å². The fourth-order valence-electron chi connectivity index (χ4n) is 0.977. The number of alkyl halides is 3. The third kappa shape index (κ3) is 2.98. The molecule has 4 nitrogen and oxygen atoms in total. The maximum Gasteiger partial charge on any atom is 0.451 e. The predicted molar refractivity (Wildman–Crippen MR) is 45.2 cm³/mol. The number of nitrogens with one attached hydrogen (secondary N) is 1. The lowest BCUT2D eigenvalue weighted by atomic mass is 10.3. The zero-order valence-electron chi connectivity index (χ0n) is 7.80. The van der Waals surface area contributed by atoms with E-state index in [-0.39, 0.29) is 24.2 Å². The maximum absolute atomic E-state index is 12.3. The number of halogens is 3. The SMILES string of the molecule is CNCc1cc(C=O)nc(C(F)(F)F)n1. The summed E-state index contributed by atoms with van der Waals surface area (Å²) in [6.45, 7) is 0.145. The van der Waals surface area contributed by atoms with Gasteiger partial charge in [0.2, 0.25) is 5.82 Å². The predicted octanol–water partition coefficient (Wildman–Crippen LogP) is 1.03. The van der Waals surface area contributed by atoms with Crippen molar-refractivity contribution in [2.24, 2.45) is 0 Å². The number of rotatable bonds is 3. The Morgan fingerprint density at radius 3 is 2.60 bits per heavy atom. The molecule has 0 spiro atoms. The molecule has 82 valence electrons. The van der Waals surface area contributed by atoms with Crippen molar-refractivity contribution in [3.05, 3.63) is 23.3 Å². The van der Waals surface area contributed by atoms with Crippen LogP contribution in [-0.2, 0) is 12.7 Å². The molecular weight excluding hydrogens is 211 g/mol. The van der Waals surface area contributed by atoms with Crippen molar-refractivity contribution in [2.45, 2.75) is 12.7 Å². The van der Waals surface area contributed by atoms with Gasteiger partial charge in [-0.25, -0.2) is 9.97 Å². The summed E-state index contributed by atoms with van der Waals surface area (Å²) in [5, 5.41) is 2.64. The average Bonchev–Trinajstić information content (AvgIpc) is 2.16. The molecule has 0 amide bonds. The zero-order chi connectivity index (χ0) is 11.5. The van der Waals surface area contributed by atoms with E-state index >= 15 is 0 Å². The average molecular weight is 219 g/mol. The molecule has 0 fully saturated rings. The topological polar surface area (TPSA) is 54.9 Å². The zero-order valence-corrected chi connectivity index (χ0v) is 7.80. The van der Waals surface area contributed by atoms with Gasteiger partial charge in [0.1, 0.15) is 5.69 Å². The summed E-state index contributed by atoms with van der Waals surface area (Å²) in [4.78, 5) is 16.7. The number of hydrogen-bond donors (Lipinski definition) is 1. The van der Waals surface area contributed by atoms with Crippen molar-refractivity contribution in [1.29, 1.82) is 0 Å². The highest BCUT2D eigenvalue weighted by Crippen LogP contribution is 2.26. The summed E-state index contributed by atoms with van der Waals surface area (Å²) < 4.78 is 36.8. The molecule has 1 rings (SSSR count). The van der Waals surface area contributed by atoms with E-state index in [9.17, 15) is 18.0 Å². The molecule has 1 aromatic heterocycles. The van der Waals surface area contributed by atoms with Gasteiger partial charge in [0.15, 0.2) is 6.29 Å². The van der Waals surface area contributed by atoms with E-state index in [1.807, 2.05) is 0 Å². The first-order chi connectivity index (χ1) is 6.97. The molecule has 15 heavy (non-hydrogen) atoms. The van der Waals surface area contributed by atoms with Crippen molar-refractivity contribution in [3.63, 3.8) is 0 Å². The summed E-state index contributed by atoms with van der Waals surface area (Å²) in [6.07, 6.45) is -4.38. The lowest BCUT2D eigenvalue weighted by Gasteiger charge is -2.07. The summed E-state index contributed by atoms with van der Waals surface area (Å²) in [6, 6.07) is 1.21. The summed E-state index contributed by atoms with van der Waals surface area (Å²) in [5.41, 5.74) is -0.149. The minimum atomic E-state index is -4.64. The lowest BCUT2D eigenvalue weighted by Crippen LogP contribution is -2.16. The normalized spacial score (nSPS) is 11.5. The van der Waals surface area contributed by atoms with E-state index in [1.165, 1.54) is 6.07 Å². The second-order valence-corrected chi connectivity index (χ2v) is 2.75. The Hall–Kier alpha value is -1.50. The summed E-state index contributed by atoms with van der Waals surface area (Å²) >= 11 is 0. The number of carbonyl (C=O) groups is 1. The first-order valence-corrected chi connectivity index (χ1v) is 4.02. The van der Waals surface area contributed by atoms with Crippen LogP contribution in [0, 0.1) is 0 Å². The number of aromatic nitrogens is 2. The molecule has 0 aromatic carbocycles. The van der Waals surface area contributed by atoms with E-state index in [0.29, 0.717) is 0 Å². The molecule has 0 radical (unpaired) electrons. The smallest absolute Gasteiger partial charge is 0.314 e. The van der Waals surface area contributed by atoms with Gasteiger partial charge in [-0.15, -0.1) is 0 Å². The van der Waals surface area contributed by atoms with Gasteiger partial charge in [-0.2, -0.15) is 13.2 Å². The molecule has 0 saturated carbocycles. The maximum atomic E-state index is 12.3. The monoisotopic (exact) mass is 219 g/mol. The molecule has 0 saturated heterocycles. The highest BCUT2D eigenvalue weighted by atomic mass is 19.4. The molecule has 1 N–H and O–H groups in total. The van der Waals surface area contributed by atoms with E-state index in [1.54, 1.807) is 7.05 Å². The van der Waals surface area contributed by atoms with Crippen LogP contribution in [0.25, 0.3) is 0 Å². The first-order valence-electron chi connectivity index (χ1n) is 4.02. The van der Waals surface area contributed by atoms with Gasteiger partial charge in [-0.3, -0.25) is 4.79 Å². The third-order valence-corrected chi connectivity index (χ3v) is 1.53. The van der Waals surface area contributed by atoms with Crippen molar-refractivity contribution in [1.82, 2.24) is 15.3 Å². The van der Waals surface area contributed by atoms with Crippen molar-refractivity contribution >= 4 is 6.29 Å². The van der Waals surface area contributed by atoms with E-state index < -0.39 is 12.0 Å². The Labute approximate surface area is 83.5 Å². The fourth-order valence-corrected chi connectivity index (χ4v) is 0.977. The molecule has 0 aliphatic heterocycles. The molecule has 0 bridgehead atoms. The Bertz CT molecular complexity index is 365. The van der Waals surface area contributed by atoms with Gasteiger partial charge >= 0.3 is 6.18 Å². The van der Waals surface area contributed by atoms with Crippen LogP contribution in [0.2, 0.25) is 0 Å². The Balaban J connectivity index is 3.17. The molecule has 0 atom stereocenters. The number of hydrogen-bond acceptors (Lipinski definition) is 4. The van der Waals surface area contributed by atoms with Gasteiger partial charge in [-0.1, -0.05) is 0 Å². The molecular formula is C8H8F3N3O. The van der Waals surface area contributed by atoms with Crippen molar-refractivity contribution < 1.29 is 18.0 Å². The standard InChI is InChI=1S/C8H8F3N3O/c1-12-3-5-2-6(4-15)14-7(13-5)8(9,10)11/h2,4,12H,3H2,1H3. The van der Waals surface area contributed by atoms with Gasteiger partial charge < -0.3 is 5.32 Å². The quantitative estimate of drug-likeness (QED) is 0.771. The number of aldehydes is 1. The van der Waals surface area contributed by atoms with E-state index in [2.05, 4.69) is 15.3 Å². The number of carbonyl (C=O) groups excluding carboxylic acids is 1. The largest absolute Gasteiger partial charge is 0.451 e. The Morgan fingerprint density at radius 1 is 1.47 bits per heavy atom. The van der Waals surface area contributed by atoms with Gasteiger partial charge in [0, 0.05) is 6.54 Å². The highest BCUT2D eigenvalue weighted by molar-refractivity contribution is 5.71. The van der Waals surface area contributed by atoms with Crippen LogP contribution < -0.4 is 5.32 Å². The molecule has 0 aliphatic rings. The van der Waals surface area contributed by atoms with Crippen molar-refractivity contribution in [3.8, 4) is 0 Å². The van der Waals surface area contributed by atoms with Crippen LogP contribution in [0.15, 0.2) is 6.07 Å². The summed E-state index contributed by atoms with van der Waals surface area (Å²) in [5.74, 6) is -1.29. The van der Waals surface area contributed by atoms with Gasteiger partial charge in [0.05, 0.1) is 5.69 Å². The number of nitrogens with zero attached hydrogens (tertiary/aromatic N) is 2. The van der Waals surface area contributed by atoms with E-state index in [0.717, 1.165) is 0 Å². The highest BCUT2D eigenvalue weighted by Gasteiger charge is 2.35. The lowest BCUT2D eigenvalue weighted by molar-refractivity contribution is -0.145. The van der Waals surface area contributed by atoms with Crippen LogP contribution in [-0.4, -0.2) is 23.3 Å². The van der Waals surface area contributed by atoms with Gasteiger partial charge in [-0.05, 0) is 13.1 Å². The van der Waals surface area contributed by atoms with E-state index in [4.69, 9.17) is 0 Å². The van der Waals surface area contributed by atoms with Crippen LogP contribution >= 0.6 is 0 Å². The second-order valence-electron chi connectivity index (χ2n) is 2.75. The summed E-state index contributed by atoms with van der Waals surface area (Å²) in [7, 11) is 1.57.